The van der Waals surface area contributed by atoms with E-state index in [4.69, 9.17) is 12.9 Å². The molecule has 0 spiro atoms. The lowest BCUT2D eigenvalue weighted by Gasteiger charge is -2.29. The standard InChI is InChI=1S/C22H33N7O4.2ClH/c23-13-19(31)28-17(12-15-6-2-1-3-7-15)21(33)29-11-5-9-18(29)20(32)27-16(14-30)8-4-10-26-22(24)25;;/h1-3,6-7,14,16-18H,4-5,8-13,23H2,(H,27,32)(H,28,31)(H4,24,25,26);2*1H/t16-,17-,18-;;/m0../s1/i/hD. The fraction of sp³-hybridized carbons (Fsp3) is 0.500. The normalized spacial score (nSPS) is 16.4. The third kappa shape index (κ3) is 10.5. The van der Waals surface area contributed by atoms with Gasteiger partial charge in [-0.1, -0.05) is 30.3 Å². The van der Waals surface area contributed by atoms with Crippen LogP contribution in [0.4, 0.5) is 0 Å². The van der Waals surface area contributed by atoms with Crippen molar-refractivity contribution >= 4 is 54.8 Å². The highest BCUT2D eigenvalue weighted by molar-refractivity contribution is 5.93. The fourth-order valence-corrected chi connectivity index (χ4v) is 3.77. The summed E-state index contributed by atoms with van der Waals surface area (Å²) in [4.78, 5) is 55.2. The van der Waals surface area contributed by atoms with Crippen molar-refractivity contribution in [3.63, 3.8) is 0 Å². The molecule has 1 fully saturated rings. The van der Waals surface area contributed by atoms with E-state index < -0.39 is 29.9 Å². The summed E-state index contributed by atoms with van der Waals surface area (Å²) >= 11 is 0. The predicted molar refractivity (Wildman–Crippen MR) is 138 cm³/mol. The summed E-state index contributed by atoms with van der Waals surface area (Å²) in [5.41, 5.74) is 13.4. The van der Waals surface area contributed by atoms with Crippen molar-refractivity contribution in [1.29, 1.82) is 0 Å². The lowest BCUT2D eigenvalue weighted by atomic mass is 10.0. The van der Waals surface area contributed by atoms with Crippen molar-refractivity contribution < 1.29 is 20.6 Å². The highest BCUT2D eigenvalue weighted by Crippen LogP contribution is 2.20. The van der Waals surface area contributed by atoms with Gasteiger partial charge in [-0.3, -0.25) is 19.4 Å². The molecule has 0 bridgehead atoms. The Balaban J connectivity index is 0.00000612. The van der Waals surface area contributed by atoms with Crippen LogP contribution in [0.1, 0.15) is 31.2 Å². The lowest BCUT2D eigenvalue weighted by molar-refractivity contribution is -0.141. The van der Waals surface area contributed by atoms with Gasteiger partial charge in [-0.25, -0.2) is 0 Å². The summed E-state index contributed by atoms with van der Waals surface area (Å²) in [5, 5.41) is 5.36. The number of nitrogens with two attached hydrogens (primary N) is 3. The van der Waals surface area contributed by atoms with E-state index in [2.05, 4.69) is 15.6 Å². The van der Waals surface area contributed by atoms with Crippen LogP contribution in [0.25, 0.3) is 0 Å². The van der Waals surface area contributed by atoms with Crippen LogP contribution in [-0.4, -0.2) is 72.6 Å². The van der Waals surface area contributed by atoms with Gasteiger partial charge in [0, 0.05) is 19.5 Å². The van der Waals surface area contributed by atoms with Gasteiger partial charge < -0.3 is 37.5 Å². The zero-order chi connectivity index (χ0) is 24.9. The molecule has 3 amide bonds. The van der Waals surface area contributed by atoms with Gasteiger partial charge >= 0.3 is 0 Å². The first kappa shape index (κ1) is 30.1. The van der Waals surface area contributed by atoms with Crippen molar-refractivity contribution in [2.45, 2.75) is 50.2 Å². The fourth-order valence-electron chi connectivity index (χ4n) is 3.77. The number of rotatable bonds is 13. The molecule has 35 heavy (non-hydrogen) atoms. The number of carbonyl (C=O) groups is 4. The number of benzene rings is 1. The number of hydrogen-bond acceptors (Lipinski definition) is 6. The molecule has 0 saturated carbocycles. The minimum Gasteiger partial charge on any atom is -0.370 e. The van der Waals surface area contributed by atoms with Gasteiger partial charge in [-0.05, 0) is 31.2 Å². The number of amides is 3. The first-order valence-electron chi connectivity index (χ1n) is 11.4. The molecular weight excluding hydrogens is 497 g/mol. The van der Waals surface area contributed by atoms with Crippen LogP contribution < -0.4 is 27.8 Å². The molecule has 11 nitrogen and oxygen atoms in total. The molecule has 0 unspecified atom stereocenters. The molecule has 1 heterocycles. The van der Waals surface area contributed by atoms with Gasteiger partial charge in [0.05, 0.1) is 12.6 Å². The molecule has 1 aliphatic heterocycles. The summed E-state index contributed by atoms with van der Waals surface area (Å²) < 4.78 is 7.02. The number of carbonyl (C=O) groups excluding carboxylic acids is 4. The predicted octanol–water partition coefficient (Wildman–Crippen LogP) is -0.755. The van der Waals surface area contributed by atoms with Crippen LogP contribution in [-0.2, 0) is 25.6 Å². The highest BCUT2D eigenvalue weighted by Gasteiger charge is 2.38. The summed E-state index contributed by atoms with van der Waals surface area (Å²) in [6, 6.07) is 6.87. The van der Waals surface area contributed by atoms with Crippen LogP contribution in [0.2, 0.25) is 1.41 Å². The van der Waals surface area contributed by atoms with Crippen LogP contribution in [0, 0.1) is 0 Å². The van der Waals surface area contributed by atoms with Crippen molar-refractivity contribution in [2.75, 3.05) is 19.6 Å². The van der Waals surface area contributed by atoms with E-state index >= 15 is 0 Å². The first-order valence-corrected chi connectivity index (χ1v) is 10.9. The van der Waals surface area contributed by atoms with Gasteiger partial charge in [-0.2, -0.15) is 0 Å². The van der Waals surface area contributed by atoms with E-state index in [9.17, 15) is 19.2 Å². The van der Waals surface area contributed by atoms with E-state index in [0.29, 0.717) is 45.1 Å². The quantitative estimate of drug-likeness (QED) is 0.0955. The number of nitrogens with one attached hydrogen (secondary N) is 2. The highest BCUT2D eigenvalue weighted by atomic mass is 35.5. The average Bonchev–Trinajstić information content (AvgIpc) is 3.31. The Morgan fingerprint density at radius 3 is 2.54 bits per heavy atom. The number of halogens is 2. The zero-order valence-electron chi connectivity index (χ0n) is 20.4. The largest absolute Gasteiger partial charge is 0.370 e. The molecule has 3 atom stereocenters. The molecule has 0 aromatic heterocycles. The third-order valence-corrected chi connectivity index (χ3v) is 5.37. The van der Waals surface area contributed by atoms with Crippen LogP contribution in [0.15, 0.2) is 35.3 Å². The minimum absolute atomic E-state index is 0. The number of hydrogen-bond donors (Lipinski definition) is 5. The Morgan fingerprint density at radius 1 is 1.20 bits per heavy atom. The molecule has 1 aliphatic rings. The van der Waals surface area contributed by atoms with E-state index in [1.165, 1.54) is 4.90 Å². The van der Waals surface area contributed by atoms with Crippen LogP contribution >= 0.6 is 24.8 Å². The topological polar surface area (TPSA) is 186 Å². The molecule has 0 aliphatic carbocycles. The molecule has 1 saturated heterocycles. The van der Waals surface area contributed by atoms with Crippen LogP contribution in [0.5, 0.6) is 0 Å². The van der Waals surface area contributed by atoms with E-state index in [1.54, 1.807) is 0 Å². The molecule has 0 radical (unpaired) electrons. The first-order chi connectivity index (χ1) is 16.3. The number of nitrogens with zero attached hydrogens (tertiary/aromatic N) is 2. The Labute approximate surface area is 218 Å². The van der Waals surface area contributed by atoms with Gasteiger partial charge in [0.1, 0.15) is 19.8 Å². The molecule has 2 rings (SSSR count). The molecule has 1 aromatic carbocycles. The van der Waals surface area contributed by atoms with E-state index in [-0.39, 0.29) is 49.6 Å². The Kier molecular flexibility index (Phi) is 14.4. The monoisotopic (exact) mass is 532 g/mol. The molecule has 196 valence electrons. The van der Waals surface area contributed by atoms with Crippen molar-refractivity contribution in [3.05, 3.63) is 35.9 Å². The maximum Gasteiger partial charge on any atom is 0.246 e. The Morgan fingerprint density at radius 2 is 1.91 bits per heavy atom. The maximum absolute atomic E-state index is 13.4. The maximum atomic E-state index is 13.4. The third-order valence-electron chi connectivity index (χ3n) is 5.37. The SMILES string of the molecule is Cl.Cl.[2H]NCC(=O)N[C@@H](Cc1ccccc1)C(=O)N1CCC[C@H]1C(=O)N[C@H](C=O)CCCN=C(N)N. The second kappa shape index (κ2) is 16.7. The molecule has 8 N–H and O–H groups in total. The second-order valence-corrected chi connectivity index (χ2v) is 7.88. The smallest absolute Gasteiger partial charge is 0.246 e. The molecular formula is C22H35Cl2N7O4. The van der Waals surface area contributed by atoms with E-state index in [0.717, 1.165) is 5.56 Å². The minimum atomic E-state index is -0.891. The molecule has 13 heteroatoms. The zero-order valence-corrected chi connectivity index (χ0v) is 21.0. The summed E-state index contributed by atoms with van der Waals surface area (Å²) in [7, 11) is 0. The summed E-state index contributed by atoms with van der Waals surface area (Å²) in [5.74, 6) is -1.33. The number of aldehydes is 1. The number of aliphatic imine (C=N–C) groups is 1. The second-order valence-electron chi connectivity index (χ2n) is 7.88. The van der Waals surface area contributed by atoms with Crippen molar-refractivity contribution in [2.24, 2.45) is 22.2 Å². The number of likely N-dealkylation sites (tertiary alicyclic amines) is 1. The van der Waals surface area contributed by atoms with Crippen molar-refractivity contribution in [3.8, 4) is 0 Å². The van der Waals surface area contributed by atoms with Crippen molar-refractivity contribution in [1.82, 2.24) is 15.5 Å². The van der Waals surface area contributed by atoms with Gasteiger partial charge in [0.2, 0.25) is 17.7 Å². The Bertz CT molecular complexity index is 875. The van der Waals surface area contributed by atoms with Gasteiger partial charge in [0.15, 0.2) is 5.96 Å². The van der Waals surface area contributed by atoms with E-state index in [1.807, 2.05) is 36.1 Å². The van der Waals surface area contributed by atoms with Gasteiger partial charge in [0.25, 0.3) is 0 Å². The number of guanidine groups is 1. The average molecular weight is 533 g/mol. The summed E-state index contributed by atoms with van der Waals surface area (Å²) in [6.45, 7) is 0.443. The summed E-state index contributed by atoms with van der Waals surface area (Å²) in [6.07, 6.45) is 2.85. The molecule has 1 aromatic rings. The Hall–Kier alpha value is -2.89. The lowest BCUT2D eigenvalue weighted by Crippen LogP contribution is -2.55. The van der Waals surface area contributed by atoms with Crippen LogP contribution in [0.3, 0.4) is 0 Å². The van der Waals surface area contributed by atoms with Gasteiger partial charge in [-0.15, -0.1) is 24.8 Å².